The van der Waals surface area contributed by atoms with Crippen LogP contribution in [0.25, 0.3) is 0 Å². The van der Waals surface area contributed by atoms with Gasteiger partial charge in [0.05, 0.1) is 12.7 Å². The van der Waals surface area contributed by atoms with Crippen molar-refractivity contribution in [2.75, 3.05) is 32.8 Å². The van der Waals surface area contributed by atoms with Gasteiger partial charge in [0.25, 0.3) is 0 Å². The minimum Gasteiger partial charge on any atom is -0.479 e. The van der Waals surface area contributed by atoms with Crippen LogP contribution in [-0.2, 0) is 14.3 Å². The van der Waals surface area contributed by atoms with Crippen LogP contribution in [0.4, 0.5) is 0 Å². The third-order valence-electron chi connectivity index (χ3n) is 3.05. The van der Waals surface area contributed by atoms with E-state index in [1.165, 1.54) is 0 Å². The largest absolute Gasteiger partial charge is 0.479 e. The summed E-state index contributed by atoms with van der Waals surface area (Å²) < 4.78 is 10.8. The molecular formula is C12H23NO4. The van der Waals surface area contributed by atoms with Gasteiger partial charge >= 0.3 is 5.97 Å². The monoisotopic (exact) mass is 245 g/mol. The zero-order valence-electron chi connectivity index (χ0n) is 10.7. The maximum absolute atomic E-state index is 10.8. The standard InChI is InChI=1S/C12H23NO4/c1-3-13(7-8-16-4-2)9-10-5-6-11(17-10)12(14)15/h10-11H,3-9H2,1-2H3,(H,14,15). The maximum atomic E-state index is 10.8. The molecule has 0 aromatic heterocycles. The maximum Gasteiger partial charge on any atom is 0.332 e. The van der Waals surface area contributed by atoms with E-state index in [9.17, 15) is 4.79 Å². The van der Waals surface area contributed by atoms with E-state index in [-0.39, 0.29) is 6.10 Å². The molecule has 100 valence electrons. The highest BCUT2D eigenvalue weighted by Gasteiger charge is 2.31. The van der Waals surface area contributed by atoms with Gasteiger partial charge in [-0.15, -0.1) is 0 Å². The van der Waals surface area contributed by atoms with Gasteiger partial charge in [0.2, 0.25) is 0 Å². The summed E-state index contributed by atoms with van der Waals surface area (Å²) in [5.74, 6) is -0.843. The smallest absolute Gasteiger partial charge is 0.332 e. The minimum absolute atomic E-state index is 0.0534. The average molecular weight is 245 g/mol. The SMILES string of the molecule is CCOCCN(CC)CC1CCC(C(=O)O)O1. The summed E-state index contributed by atoms with van der Waals surface area (Å²) >= 11 is 0. The molecule has 0 spiro atoms. The van der Waals surface area contributed by atoms with Crippen molar-refractivity contribution in [1.29, 1.82) is 0 Å². The molecule has 0 saturated carbocycles. The third kappa shape index (κ3) is 5.02. The van der Waals surface area contributed by atoms with Crippen LogP contribution in [0.1, 0.15) is 26.7 Å². The van der Waals surface area contributed by atoms with Crippen molar-refractivity contribution >= 4 is 5.97 Å². The summed E-state index contributed by atoms with van der Waals surface area (Å²) in [6.07, 6.45) is 0.911. The fourth-order valence-corrected chi connectivity index (χ4v) is 2.03. The number of nitrogens with zero attached hydrogens (tertiary/aromatic N) is 1. The third-order valence-corrected chi connectivity index (χ3v) is 3.05. The van der Waals surface area contributed by atoms with Crippen molar-refractivity contribution in [3.8, 4) is 0 Å². The Morgan fingerprint density at radius 2 is 2.24 bits per heavy atom. The van der Waals surface area contributed by atoms with Crippen molar-refractivity contribution in [3.63, 3.8) is 0 Å². The zero-order chi connectivity index (χ0) is 12.7. The van der Waals surface area contributed by atoms with Crippen molar-refractivity contribution in [3.05, 3.63) is 0 Å². The lowest BCUT2D eigenvalue weighted by Gasteiger charge is -2.23. The van der Waals surface area contributed by atoms with E-state index in [1.54, 1.807) is 0 Å². The summed E-state index contributed by atoms with van der Waals surface area (Å²) in [6, 6.07) is 0. The van der Waals surface area contributed by atoms with E-state index in [0.717, 1.165) is 39.3 Å². The first kappa shape index (κ1) is 14.4. The number of ether oxygens (including phenoxy) is 2. The molecule has 1 aliphatic rings. The van der Waals surface area contributed by atoms with Gasteiger partial charge in [-0.2, -0.15) is 0 Å². The van der Waals surface area contributed by atoms with E-state index in [0.29, 0.717) is 6.42 Å². The van der Waals surface area contributed by atoms with Crippen LogP contribution >= 0.6 is 0 Å². The van der Waals surface area contributed by atoms with Crippen LogP contribution < -0.4 is 0 Å². The summed E-state index contributed by atoms with van der Waals surface area (Å²) in [7, 11) is 0. The van der Waals surface area contributed by atoms with Crippen LogP contribution in [-0.4, -0.2) is 61.0 Å². The number of hydrogen-bond acceptors (Lipinski definition) is 4. The zero-order valence-corrected chi connectivity index (χ0v) is 10.7. The molecule has 0 aromatic rings. The average Bonchev–Trinajstić information content (AvgIpc) is 2.76. The van der Waals surface area contributed by atoms with Crippen LogP contribution in [0.5, 0.6) is 0 Å². The first-order valence-corrected chi connectivity index (χ1v) is 6.35. The van der Waals surface area contributed by atoms with E-state index in [4.69, 9.17) is 14.6 Å². The molecule has 2 atom stereocenters. The highest BCUT2D eigenvalue weighted by molar-refractivity contribution is 5.72. The molecule has 17 heavy (non-hydrogen) atoms. The van der Waals surface area contributed by atoms with Gasteiger partial charge in [-0.25, -0.2) is 4.79 Å². The summed E-state index contributed by atoms with van der Waals surface area (Å²) in [4.78, 5) is 13.0. The quantitative estimate of drug-likeness (QED) is 0.646. The van der Waals surface area contributed by atoms with Crippen LogP contribution in [0.15, 0.2) is 0 Å². The molecule has 0 radical (unpaired) electrons. The van der Waals surface area contributed by atoms with E-state index in [1.807, 2.05) is 6.92 Å². The number of carbonyl (C=O) groups is 1. The number of aliphatic carboxylic acids is 1. The van der Waals surface area contributed by atoms with E-state index < -0.39 is 12.1 Å². The van der Waals surface area contributed by atoms with Crippen LogP contribution in [0, 0.1) is 0 Å². The number of rotatable bonds is 8. The Morgan fingerprint density at radius 3 is 2.76 bits per heavy atom. The molecule has 1 saturated heterocycles. The lowest BCUT2D eigenvalue weighted by Crippen LogP contribution is -2.35. The highest BCUT2D eigenvalue weighted by atomic mass is 16.5. The fraction of sp³-hybridized carbons (Fsp3) is 0.917. The molecule has 1 heterocycles. The second kappa shape index (κ2) is 7.63. The van der Waals surface area contributed by atoms with Gasteiger partial charge in [-0.3, -0.25) is 4.90 Å². The Hall–Kier alpha value is -0.650. The van der Waals surface area contributed by atoms with E-state index in [2.05, 4.69) is 11.8 Å². The number of carboxylic acid groups (broad SMARTS) is 1. The Bertz CT molecular complexity index is 235. The topological polar surface area (TPSA) is 59.0 Å². The molecule has 1 rings (SSSR count). The van der Waals surface area contributed by atoms with Gasteiger partial charge in [-0.05, 0) is 26.3 Å². The fourth-order valence-electron chi connectivity index (χ4n) is 2.03. The predicted octanol–water partition coefficient (Wildman–Crippen LogP) is 0.977. The van der Waals surface area contributed by atoms with Gasteiger partial charge in [0.15, 0.2) is 6.10 Å². The number of likely N-dealkylation sites (N-methyl/N-ethyl adjacent to an activating group) is 1. The lowest BCUT2D eigenvalue weighted by atomic mass is 10.2. The molecule has 5 heteroatoms. The molecule has 2 unspecified atom stereocenters. The van der Waals surface area contributed by atoms with Crippen molar-refractivity contribution < 1.29 is 19.4 Å². The molecule has 5 nitrogen and oxygen atoms in total. The Labute approximate surface area is 103 Å². The normalized spacial score (nSPS) is 24.4. The van der Waals surface area contributed by atoms with Gasteiger partial charge in [-0.1, -0.05) is 6.92 Å². The summed E-state index contributed by atoms with van der Waals surface area (Å²) in [6.45, 7) is 8.14. The minimum atomic E-state index is -0.843. The highest BCUT2D eigenvalue weighted by Crippen LogP contribution is 2.20. The van der Waals surface area contributed by atoms with E-state index >= 15 is 0 Å². The molecule has 0 bridgehead atoms. The molecular weight excluding hydrogens is 222 g/mol. The first-order valence-electron chi connectivity index (χ1n) is 6.35. The van der Waals surface area contributed by atoms with Crippen molar-refractivity contribution in [2.45, 2.75) is 38.9 Å². The van der Waals surface area contributed by atoms with Crippen molar-refractivity contribution in [1.82, 2.24) is 4.90 Å². The number of hydrogen-bond donors (Lipinski definition) is 1. The lowest BCUT2D eigenvalue weighted by molar-refractivity contribution is -0.149. The van der Waals surface area contributed by atoms with Crippen molar-refractivity contribution in [2.24, 2.45) is 0 Å². The van der Waals surface area contributed by atoms with Crippen LogP contribution in [0.3, 0.4) is 0 Å². The van der Waals surface area contributed by atoms with Gasteiger partial charge < -0.3 is 14.6 Å². The Morgan fingerprint density at radius 1 is 1.47 bits per heavy atom. The molecule has 0 aromatic carbocycles. The second-order valence-corrected chi connectivity index (χ2v) is 4.25. The molecule has 1 fully saturated rings. The first-order chi connectivity index (χ1) is 8.17. The Kier molecular flexibility index (Phi) is 6.47. The molecule has 0 amide bonds. The summed E-state index contributed by atoms with van der Waals surface area (Å²) in [5.41, 5.74) is 0. The predicted molar refractivity (Wildman–Crippen MR) is 64.1 cm³/mol. The molecule has 0 aliphatic carbocycles. The number of carboxylic acids is 1. The molecule has 1 N–H and O–H groups in total. The summed E-state index contributed by atoms with van der Waals surface area (Å²) in [5, 5.41) is 8.84. The van der Waals surface area contributed by atoms with Gasteiger partial charge in [0.1, 0.15) is 0 Å². The molecule has 1 aliphatic heterocycles. The Balaban J connectivity index is 2.24. The van der Waals surface area contributed by atoms with Gasteiger partial charge in [0, 0.05) is 19.7 Å². The van der Waals surface area contributed by atoms with Crippen LogP contribution in [0.2, 0.25) is 0 Å². The second-order valence-electron chi connectivity index (χ2n) is 4.25.